The third kappa shape index (κ3) is 4.02. The molecule has 1 fully saturated rings. The second-order valence-corrected chi connectivity index (χ2v) is 8.05. The van der Waals surface area contributed by atoms with Crippen LogP contribution in [0.3, 0.4) is 0 Å². The van der Waals surface area contributed by atoms with E-state index in [1.165, 1.54) is 0 Å². The molecule has 6 nitrogen and oxygen atoms in total. The number of benzene rings is 2. The summed E-state index contributed by atoms with van der Waals surface area (Å²) in [5.41, 5.74) is 4.39. The van der Waals surface area contributed by atoms with Crippen LogP contribution in [0, 0.1) is 6.92 Å². The van der Waals surface area contributed by atoms with Crippen LogP contribution in [-0.2, 0) is 11.3 Å². The average Bonchev–Trinajstić information content (AvgIpc) is 2.83. The number of hydrogen-bond acceptors (Lipinski definition) is 5. The normalized spacial score (nSPS) is 14.5. The molecule has 6 heteroatoms. The van der Waals surface area contributed by atoms with Gasteiger partial charge in [-0.2, -0.15) is 0 Å². The topological polar surface area (TPSA) is 59.4 Å². The predicted molar refractivity (Wildman–Crippen MR) is 128 cm³/mol. The molecule has 0 bridgehead atoms. The van der Waals surface area contributed by atoms with Crippen molar-refractivity contribution in [3.8, 4) is 5.69 Å². The van der Waals surface area contributed by atoms with E-state index < -0.39 is 0 Å². The molecular formula is C26H26N4O2. The van der Waals surface area contributed by atoms with E-state index in [9.17, 15) is 4.79 Å². The first-order valence-corrected chi connectivity index (χ1v) is 10.9. The molecule has 0 amide bonds. The Balaban J connectivity index is 1.79. The van der Waals surface area contributed by atoms with Crippen molar-refractivity contribution in [1.29, 1.82) is 0 Å². The quantitative estimate of drug-likeness (QED) is 0.516. The minimum absolute atomic E-state index is 0.0182. The molecule has 1 aliphatic rings. The molecule has 0 unspecified atom stereocenters. The lowest BCUT2D eigenvalue weighted by atomic mass is 10.1. The maximum absolute atomic E-state index is 13.8. The second-order valence-electron chi connectivity index (χ2n) is 8.05. The highest BCUT2D eigenvalue weighted by atomic mass is 16.5. The molecule has 0 spiro atoms. The number of aryl methyl sites for hydroxylation is 1. The molecule has 0 atom stereocenters. The molecule has 5 rings (SSSR count). The Kier molecular flexibility index (Phi) is 5.71. The molecule has 1 aliphatic heterocycles. The highest BCUT2D eigenvalue weighted by molar-refractivity contribution is 5.85. The molecule has 32 heavy (non-hydrogen) atoms. The number of anilines is 2. The van der Waals surface area contributed by atoms with Crippen molar-refractivity contribution in [2.75, 3.05) is 31.6 Å². The van der Waals surface area contributed by atoms with Gasteiger partial charge in [0.15, 0.2) is 5.43 Å². The first-order chi connectivity index (χ1) is 15.7. The summed E-state index contributed by atoms with van der Waals surface area (Å²) in [5, 5.41) is 4.19. The van der Waals surface area contributed by atoms with Crippen molar-refractivity contribution < 1.29 is 4.74 Å². The van der Waals surface area contributed by atoms with Crippen molar-refractivity contribution in [2.45, 2.75) is 13.5 Å². The molecule has 0 saturated carbocycles. The van der Waals surface area contributed by atoms with E-state index in [2.05, 4.69) is 31.9 Å². The Morgan fingerprint density at radius 1 is 1.00 bits per heavy atom. The van der Waals surface area contributed by atoms with Gasteiger partial charge in [-0.3, -0.25) is 19.2 Å². The first-order valence-electron chi connectivity index (χ1n) is 10.9. The SMILES string of the molecule is Cc1cc2c(cn1)c(=O)c(CN1CCOCC1)c(Nc1ccccc1)n2-c1ccccc1. The molecule has 2 aromatic heterocycles. The smallest absolute Gasteiger partial charge is 0.197 e. The van der Waals surface area contributed by atoms with Gasteiger partial charge in [0.25, 0.3) is 0 Å². The maximum atomic E-state index is 13.8. The predicted octanol–water partition coefficient (Wildman–Crippen LogP) is 4.27. The van der Waals surface area contributed by atoms with Crippen LogP contribution >= 0.6 is 0 Å². The lowest BCUT2D eigenvalue weighted by molar-refractivity contribution is 0.0341. The number of rotatable bonds is 5. The van der Waals surface area contributed by atoms with Crippen molar-refractivity contribution in [1.82, 2.24) is 14.5 Å². The van der Waals surface area contributed by atoms with E-state index in [-0.39, 0.29) is 5.43 Å². The van der Waals surface area contributed by atoms with Gasteiger partial charge in [0.1, 0.15) is 5.82 Å². The zero-order valence-corrected chi connectivity index (χ0v) is 18.1. The van der Waals surface area contributed by atoms with Crippen LogP contribution < -0.4 is 10.7 Å². The highest BCUT2D eigenvalue weighted by Gasteiger charge is 2.22. The highest BCUT2D eigenvalue weighted by Crippen LogP contribution is 2.29. The van der Waals surface area contributed by atoms with Crippen LogP contribution in [0.2, 0.25) is 0 Å². The minimum Gasteiger partial charge on any atom is -0.379 e. The Labute approximate surface area is 187 Å². The Bertz CT molecular complexity index is 1280. The van der Waals surface area contributed by atoms with Crippen LogP contribution in [0.5, 0.6) is 0 Å². The second kappa shape index (κ2) is 8.94. The van der Waals surface area contributed by atoms with Gasteiger partial charge in [-0.1, -0.05) is 36.4 Å². The number of nitrogens with one attached hydrogen (secondary N) is 1. The summed E-state index contributed by atoms with van der Waals surface area (Å²) in [4.78, 5) is 20.5. The van der Waals surface area contributed by atoms with Crippen molar-refractivity contribution in [3.05, 3.63) is 94.4 Å². The Morgan fingerprint density at radius 2 is 1.69 bits per heavy atom. The fraction of sp³-hybridized carbons (Fsp3) is 0.231. The minimum atomic E-state index is 0.0182. The van der Waals surface area contributed by atoms with Gasteiger partial charge in [0.05, 0.1) is 29.7 Å². The van der Waals surface area contributed by atoms with Gasteiger partial charge in [-0.05, 0) is 37.3 Å². The number of ether oxygens (including phenoxy) is 1. The molecule has 1 N–H and O–H groups in total. The molecule has 2 aromatic carbocycles. The lowest BCUT2D eigenvalue weighted by Crippen LogP contribution is -2.37. The van der Waals surface area contributed by atoms with Crippen LogP contribution in [0.1, 0.15) is 11.3 Å². The number of nitrogens with zero attached hydrogens (tertiary/aromatic N) is 3. The molecule has 0 radical (unpaired) electrons. The summed E-state index contributed by atoms with van der Waals surface area (Å²) in [6, 6.07) is 22.1. The van der Waals surface area contributed by atoms with E-state index in [4.69, 9.17) is 4.74 Å². The Morgan fingerprint density at radius 3 is 2.41 bits per heavy atom. The molecule has 4 aromatic rings. The fourth-order valence-corrected chi connectivity index (χ4v) is 4.20. The third-order valence-electron chi connectivity index (χ3n) is 5.82. The van der Waals surface area contributed by atoms with Crippen molar-refractivity contribution in [3.63, 3.8) is 0 Å². The number of para-hydroxylation sites is 2. The largest absolute Gasteiger partial charge is 0.379 e. The monoisotopic (exact) mass is 426 g/mol. The van der Waals surface area contributed by atoms with Gasteiger partial charge in [-0.15, -0.1) is 0 Å². The summed E-state index contributed by atoms with van der Waals surface area (Å²) in [5.74, 6) is 0.789. The van der Waals surface area contributed by atoms with E-state index in [0.29, 0.717) is 25.1 Å². The van der Waals surface area contributed by atoms with Gasteiger partial charge in [-0.25, -0.2) is 0 Å². The van der Waals surface area contributed by atoms with Gasteiger partial charge in [0, 0.05) is 42.9 Å². The summed E-state index contributed by atoms with van der Waals surface area (Å²) in [7, 11) is 0. The molecule has 162 valence electrons. The Hall–Kier alpha value is -3.48. The zero-order valence-electron chi connectivity index (χ0n) is 18.1. The van der Waals surface area contributed by atoms with E-state index >= 15 is 0 Å². The summed E-state index contributed by atoms with van der Waals surface area (Å²) in [6.07, 6.45) is 1.71. The summed E-state index contributed by atoms with van der Waals surface area (Å²) >= 11 is 0. The zero-order chi connectivity index (χ0) is 21.9. The van der Waals surface area contributed by atoms with E-state index in [1.807, 2.05) is 61.5 Å². The summed E-state index contributed by atoms with van der Waals surface area (Å²) in [6.45, 7) is 5.48. The van der Waals surface area contributed by atoms with Crippen LogP contribution in [0.15, 0.2) is 77.7 Å². The maximum Gasteiger partial charge on any atom is 0.197 e. The van der Waals surface area contributed by atoms with Gasteiger partial charge in [0.2, 0.25) is 0 Å². The van der Waals surface area contributed by atoms with Crippen LogP contribution in [0.25, 0.3) is 16.6 Å². The van der Waals surface area contributed by atoms with Crippen molar-refractivity contribution >= 4 is 22.4 Å². The molecule has 3 heterocycles. The van der Waals surface area contributed by atoms with Gasteiger partial charge >= 0.3 is 0 Å². The number of hydrogen-bond donors (Lipinski definition) is 1. The van der Waals surface area contributed by atoms with Crippen LogP contribution in [0.4, 0.5) is 11.5 Å². The standard InChI is InChI=1S/C26H26N4O2/c1-19-16-24-22(17-27-19)25(31)23(18-29-12-14-32-15-13-29)26(28-20-8-4-2-5-9-20)30(24)21-10-6-3-7-11-21/h2-11,16-17,28H,12-15,18H2,1H3. The number of morpholine rings is 1. The summed E-state index contributed by atoms with van der Waals surface area (Å²) < 4.78 is 7.67. The lowest BCUT2D eigenvalue weighted by Gasteiger charge is -2.29. The fourth-order valence-electron chi connectivity index (χ4n) is 4.20. The van der Waals surface area contributed by atoms with Crippen LogP contribution in [-0.4, -0.2) is 40.8 Å². The first kappa shape index (κ1) is 20.4. The molecule has 0 aliphatic carbocycles. The number of pyridine rings is 2. The average molecular weight is 427 g/mol. The number of fused-ring (bicyclic) bond motifs is 1. The van der Waals surface area contributed by atoms with E-state index in [1.54, 1.807) is 6.20 Å². The van der Waals surface area contributed by atoms with Crippen molar-refractivity contribution in [2.24, 2.45) is 0 Å². The van der Waals surface area contributed by atoms with E-state index in [0.717, 1.165) is 47.1 Å². The molecular weight excluding hydrogens is 400 g/mol. The third-order valence-corrected chi connectivity index (χ3v) is 5.82. The number of aromatic nitrogens is 2. The molecule has 1 saturated heterocycles. The van der Waals surface area contributed by atoms with Gasteiger partial charge < -0.3 is 10.1 Å².